The van der Waals surface area contributed by atoms with Crippen LogP contribution in [0.4, 0.5) is 0 Å². The van der Waals surface area contributed by atoms with Crippen LogP contribution in [0.5, 0.6) is 0 Å². The van der Waals surface area contributed by atoms with Crippen LogP contribution in [0.25, 0.3) is 0 Å². The van der Waals surface area contributed by atoms with Crippen LogP contribution in [0.3, 0.4) is 0 Å². The Bertz CT molecular complexity index is 325. The summed E-state index contributed by atoms with van der Waals surface area (Å²) < 4.78 is 5.67. The minimum Gasteiger partial charge on any atom is -0.393 e. The molecule has 0 bridgehead atoms. The Labute approximate surface area is 120 Å². The van der Waals surface area contributed by atoms with E-state index in [1.54, 1.807) is 0 Å². The number of hydrogen-bond acceptors (Lipinski definition) is 3. The van der Waals surface area contributed by atoms with Gasteiger partial charge in [-0.2, -0.15) is 0 Å². The largest absolute Gasteiger partial charge is 0.393 e. The van der Waals surface area contributed by atoms with Crippen molar-refractivity contribution >= 4 is 23.1 Å². The minimum absolute atomic E-state index is 0.243. The average molecular weight is 284 g/mol. The van der Waals surface area contributed by atoms with Gasteiger partial charge in [-0.3, -0.25) is 4.79 Å². The molecular weight excluding hydrogens is 260 g/mol. The van der Waals surface area contributed by atoms with E-state index in [0.717, 1.165) is 38.7 Å². The van der Waals surface area contributed by atoms with Crippen molar-refractivity contribution in [1.29, 1.82) is 0 Å². The van der Waals surface area contributed by atoms with E-state index in [4.69, 9.17) is 22.7 Å². The zero-order chi connectivity index (χ0) is 13.7. The summed E-state index contributed by atoms with van der Waals surface area (Å²) in [6.45, 7) is 1.54. The molecule has 1 aliphatic carbocycles. The minimum atomic E-state index is 0.243. The van der Waals surface area contributed by atoms with E-state index in [9.17, 15) is 4.79 Å². The number of nitrogens with two attached hydrogens (primary N) is 1. The first kappa shape index (κ1) is 14.7. The Morgan fingerprint density at radius 1 is 1.26 bits per heavy atom. The van der Waals surface area contributed by atoms with Crippen molar-refractivity contribution in [1.82, 2.24) is 4.90 Å². The molecular formula is C14H24N2O2S. The number of rotatable bonds is 7. The fourth-order valence-corrected chi connectivity index (χ4v) is 2.68. The van der Waals surface area contributed by atoms with Gasteiger partial charge in [-0.05, 0) is 38.5 Å². The molecule has 5 heteroatoms. The Morgan fingerprint density at radius 2 is 2.05 bits per heavy atom. The predicted molar refractivity (Wildman–Crippen MR) is 79.0 cm³/mol. The number of nitrogens with zero attached hydrogens (tertiary/aromatic N) is 1. The van der Waals surface area contributed by atoms with E-state index < -0.39 is 0 Å². The van der Waals surface area contributed by atoms with Gasteiger partial charge in [0.1, 0.15) is 0 Å². The van der Waals surface area contributed by atoms with Gasteiger partial charge >= 0.3 is 0 Å². The summed E-state index contributed by atoms with van der Waals surface area (Å²) in [5, 5.41) is 0. The Kier molecular flexibility index (Phi) is 5.58. The first-order chi connectivity index (χ1) is 9.16. The number of carbonyl (C=O) groups is 1. The molecule has 1 aliphatic heterocycles. The Morgan fingerprint density at radius 3 is 2.63 bits per heavy atom. The second-order valence-corrected chi connectivity index (χ2v) is 6.09. The molecule has 2 aliphatic rings. The maximum absolute atomic E-state index is 12.3. The molecule has 2 N–H and O–H groups in total. The summed E-state index contributed by atoms with van der Waals surface area (Å²) in [7, 11) is 0. The molecule has 2 fully saturated rings. The highest BCUT2D eigenvalue weighted by molar-refractivity contribution is 7.80. The van der Waals surface area contributed by atoms with Crippen LogP contribution in [-0.4, -0.2) is 41.1 Å². The number of thiocarbonyl (C=S) groups is 1. The molecule has 0 spiro atoms. The summed E-state index contributed by atoms with van der Waals surface area (Å²) in [6, 6.07) is 0.439. The number of ether oxygens (including phenoxy) is 1. The van der Waals surface area contributed by atoms with Gasteiger partial charge in [0, 0.05) is 32.0 Å². The van der Waals surface area contributed by atoms with E-state index in [0.29, 0.717) is 30.4 Å². The molecule has 1 amide bonds. The van der Waals surface area contributed by atoms with E-state index in [1.807, 2.05) is 4.90 Å². The molecule has 0 aromatic rings. The van der Waals surface area contributed by atoms with Gasteiger partial charge in [0.25, 0.3) is 0 Å². The van der Waals surface area contributed by atoms with Crippen LogP contribution in [0.1, 0.15) is 51.4 Å². The summed E-state index contributed by atoms with van der Waals surface area (Å²) in [5.74, 6) is 0.243. The van der Waals surface area contributed by atoms with Crippen LogP contribution in [0, 0.1) is 0 Å². The van der Waals surface area contributed by atoms with E-state index >= 15 is 0 Å². The van der Waals surface area contributed by atoms with E-state index in [2.05, 4.69) is 0 Å². The third-order valence-corrected chi connectivity index (χ3v) is 4.07. The lowest BCUT2D eigenvalue weighted by Crippen LogP contribution is -2.36. The standard InChI is InChI=1S/C14H24N2O2S/c15-13(19)8-9-16(11-4-5-11)14(17)7-6-12-3-1-2-10-18-12/h11-12H,1-10H2,(H2,15,19). The molecule has 1 saturated heterocycles. The second kappa shape index (κ2) is 7.20. The van der Waals surface area contributed by atoms with Crippen LogP contribution in [-0.2, 0) is 9.53 Å². The summed E-state index contributed by atoms with van der Waals surface area (Å²) >= 11 is 4.89. The lowest BCUT2D eigenvalue weighted by molar-refractivity contribution is -0.132. The molecule has 2 rings (SSSR count). The average Bonchev–Trinajstić information content (AvgIpc) is 3.22. The van der Waals surface area contributed by atoms with Crippen molar-refractivity contribution in [3.05, 3.63) is 0 Å². The molecule has 108 valence electrons. The molecule has 19 heavy (non-hydrogen) atoms. The maximum Gasteiger partial charge on any atom is 0.222 e. The Balaban J connectivity index is 1.73. The van der Waals surface area contributed by atoms with E-state index in [1.165, 1.54) is 6.42 Å². The van der Waals surface area contributed by atoms with Crippen molar-refractivity contribution in [2.45, 2.75) is 63.5 Å². The monoisotopic (exact) mass is 284 g/mol. The summed E-state index contributed by atoms with van der Waals surface area (Å²) in [6.07, 6.45) is 8.12. The zero-order valence-electron chi connectivity index (χ0n) is 11.5. The quantitative estimate of drug-likeness (QED) is 0.727. The molecule has 1 unspecified atom stereocenters. The van der Waals surface area contributed by atoms with Crippen molar-refractivity contribution in [2.24, 2.45) is 5.73 Å². The number of hydrogen-bond donors (Lipinski definition) is 1. The zero-order valence-corrected chi connectivity index (χ0v) is 12.3. The summed E-state index contributed by atoms with van der Waals surface area (Å²) in [4.78, 5) is 14.7. The normalized spacial score (nSPS) is 23.1. The van der Waals surface area contributed by atoms with Crippen molar-refractivity contribution in [3.63, 3.8) is 0 Å². The lowest BCUT2D eigenvalue weighted by Gasteiger charge is -2.25. The highest BCUT2D eigenvalue weighted by Gasteiger charge is 2.32. The molecule has 4 nitrogen and oxygen atoms in total. The van der Waals surface area contributed by atoms with E-state index in [-0.39, 0.29) is 12.0 Å². The van der Waals surface area contributed by atoms with Crippen molar-refractivity contribution < 1.29 is 9.53 Å². The van der Waals surface area contributed by atoms with Crippen LogP contribution >= 0.6 is 12.2 Å². The highest BCUT2D eigenvalue weighted by Crippen LogP contribution is 2.28. The third-order valence-electron chi connectivity index (χ3n) is 3.86. The molecule has 1 saturated carbocycles. The van der Waals surface area contributed by atoms with Gasteiger partial charge in [0.15, 0.2) is 0 Å². The van der Waals surface area contributed by atoms with Gasteiger partial charge in [0.2, 0.25) is 5.91 Å². The number of amides is 1. The SMILES string of the molecule is NC(=S)CCN(C(=O)CCC1CCCCO1)C1CC1. The predicted octanol–water partition coefficient (Wildman–Crippen LogP) is 2.00. The lowest BCUT2D eigenvalue weighted by atomic mass is 10.0. The first-order valence-corrected chi connectivity index (χ1v) is 7.77. The topological polar surface area (TPSA) is 55.6 Å². The van der Waals surface area contributed by atoms with Gasteiger partial charge in [-0.1, -0.05) is 12.2 Å². The smallest absolute Gasteiger partial charge is 0.222 e. The van der Waals surface area contributed by atoms with Crippen LogP contribution in [0.15, 0.2) is 0 Å². The summed E-state index contributed by atoms with van der Waals surface area (Å²) in [5.41, 5.74) is 5.53. The fraction of sp³-hybridized carbons (Fsp3) is 0.857. The van der Waals surface area contributed by atoms with Crippen LogP contribution in [0.2, 0.25) is 0 Å². The third kappa shape index (κ3) is 5.07. The van der Waals surface area contributed by atoms with Gasteiger partial charge in [-0.25, -0.2) is 0 Å². The maximum atomic E-state index is 12.3. The van der Waals surface area contributed by atoms with Crippen molar-refractivity contribution in [3.8, 4) is 0 Å². The fourth-order valence-electron chi connectivity index (χ4n) is 2.59. The van der Waals surface area contributed by atoms with Crippen LogP contribution < -0.4 is 5.73 Å². The molecule has 0 radical (unpaired) electrons. The first-order valence-electron chi connectivity index (χ1n) is 7.36. The molecule has 1 atom stereocenters. The van der Waals surface area contributed by atoms with Gasteiger partial charge in [0.05, 0.1) is 11.1 Å². The second-order valence-electron chi connectivity index (χ2n) is 5.56. The highest BCUT2D eigenvalue weighted by atomic mass is 32.1. The van der Waals surface area contributed by atoms with Gasteiger partial charge < -0.3 is 15.4 Å². The van der Waals surface area contributed by atoms with Gasteiger partial charge in [-0.15, -0.1) is 0 Å². The molecule has 1 heterocycles. The molecule has 0 aromatic carbocycles. The number of carbonyl (C=O) groups excluding carboxylic acids is 1. The van der Waals surface area contributed by atoms with Crippen molar-refractivity contribution in [2.75, 3.05) is 13.2 Å². The Hall–Kier alpha value is -0.680. The molecule has 0 aromatic heterocycles.